The SMILES string of the molecule is C1COCCN1.Cl.Cl.Cl.Cl. The summed E-state index contributed by atoms with van der Waals surface area (Å²) in [5, 5.41) is 3.16. The topological polar surface area (TPSA) is 21.3 Å². The van der Waals surface area contributed by atoms with Gasteiger partial charge < -0.3 is 10.1 Å². The quantitative estimate of drug-likeness (QED) is 0.680. The van der Waals surface area contributed by atoms with E-state index in [0.29, 0.717) is 0 Å². The Morgan fingerprint density at radius 1 is 0.800 bits per heavy atom. The minimum absolute atomic E-state index is 0. The summed E-state index contributed by atoms with van der Waals surface area (Å²) in [6.45, 7) is 3.83. The number of rotatable bonds is 0. The van der Waals surface area contributed by atoms with Gasteiger partial charge in [0.15, 0.2) is 0 Å². The fourth-order valence-corrected chi connectivity index (χ4v) is 0.516. The Hall–Kier alpha value is 1.08. The molecule has 1 aliphatic heterocycles. The zero-order chi connectivity index (χ0) is 4.24. The van der Waals surface area contributed by atoms with E-state index in [9.17, 15) is 0 Å². The molecule has 10 heavy (non-hydrogen) atoms. The Morgan fingerprint density at radius 3 is 1.30 bits per heavy atom. The summed E-state index contributed by atoms with van der Waals surface area (Å²) in [5.41, 5.74) is 0. The predicted octanol–water partition coefficient (Wildman–Crippen LogP) is 1.29. The first-order chi connectivity index (χ1) is 3.00. The summed E-state index contributed by atoms with van der Waals surface area (Å²) in [6, 6.07) is 0. The van der Waals surface area contributed by atoms with Gasteiger partial charge in [-0.05, 0) is 0 Å². The van der Waals surface area contributed by atoms with Crippen LogP contribution in [0.3, 0.4) is 0 Å². The largest absolute Gasteiger partial charge is 0.379 e. The van der Waals surface area contributed by atoms with E-state index >= 15 is 0 Å². The van der Waals surface area contributed by atoms with Crippen molar-refractivity contribution in [1.29, 1.82) is 0 Å². The number of hydrogen-bond donors (Lipinski definition) is 1. The van der Waals surface area contributed by atoms with Crippen molar-refractivity contribution in [3.05, 3.63) is 0 Å². The summed E-state index contributed by atoms with van der Waals surface area (Å²) in [6.07, 6.45) is 0. The lowest BCUT2D eigenvalue weighted by atomic mass is 10.5. The Labute approximate surface area is 86.1 Å². The van der Waals surface area contributed by atoms with Gasteiger partial charge in [-0.1, -0.05) is 0 Å². The highest BCUT2D eigenvalue weighted by Gasteiger charge is 1.92. The van der Waals surface area contributed by atoms with E-state index in [1.165, 1.54) is 0 Å². The Balaban J connectivity index is -0.0000000450. The van der Waals surface area contributed by atoms with Crippen LogP contribution in [-0.2, 0) is 4.74 Å². The Kier molecular flexibility index (Phi) is 37.2. The highest BCUT2D eigenvalue weighted by Crippen LogP contribution is 1.76. The summed E-state index contributed by atoms with van der Waals surface area (Å²) < 4.78 is 5.01. The summed E-state index contributed by atoms with van der Waals surface area (Å²) >= 11 is 0. The van der Waals surface area contributed by atoms with Crippen molar-refractivity contribution in [2.24, 2.45) is 0 Å². The molecule has 0 aliphatic carbocycles. The van der Waals surface area contributed by atoms with Crippen molar-refractivity contribution in [1.82, 2.24) is 5.32 Å². The molecule has 0 aromatic carbocycles. The molecule has 0 spiro atoms. The van der Waals surface area contributed by atoms with Crippen LogP contribution in [0.15, 0.2) is 0 Å². The van der Waals surface area contributed by atoms with E-state index in [2.05, 4.69) is 5.32 Å². The van der Waals surface area contributed by atoms with Crippen LogP contribution in [0.1, 0.15) is 0 Å². The van der Waals surface area contributed by atoms with Crippen LogP contribution in [-0.4, -0.2) is 26.3 Å². The second-order valence-electron chi connectivity index (χ2n) is 1.36. The zero-order valence-corrected chi connectivity index (χ0v) is 8.64. The average molecular weight is 233 g/mol. The van der Waals surface area contributed by atoms with Crippen LogP contribution in [0.25, 0.3) is 0 Å². The van der Waals surface area contributed by atoms with E-state index in [0.717, 1.165) is 26.3 Å². The molecule has 1 aliphatic rings. The third kappa shape index (κ3) is 11.8. The first-order valence-electron chi connectivity index (χ1n) is 2.28. The lowest BCUT2D eigenvalue weighted by molar-refractivity contribution is 0.109. The molecule has 0 radical (unpaired) electrons. The van der Waals surface area contributed by atoms with Crippen molar-refractivity contribution in [2.75, 3.05) is 26.3 Å². The molecule has 1 heterocycles. The lowest BCUT2D eigenvalue weighted by Crippen LogP contribution is -2.30. The minimum Gasteiger partial charge on any atom is -0.379 e. The maximum absolute atomic E-state index is 5.01. The monoisotopic (exact) mass is 231 g/mol. The standard InChI is InChI=1S/C4H9NO.4ClH/c1-3-6-4-2-5-1;;;;/h5H,1-4H2;4*1H. The van der Waals surface area contributed by atoms with Crippen LogP contribution in [0.5, 0.6) is 0 Å². The fourth-order valence-electron chi connectivity index (χ4n) is 0.516. The van der Waals surface area contributed by atoms with Gasteiger partial charge in [0, 0.05) is 13.1 Å². The van der Waals surface area contributed by atoms with Crippen molar-refractivity contribution >= 4 is 49.6 Å². The number of halogens is 4. The van der Waals surface area contributed by atoms with E-state index in [-0.39, 0.29) is 49.6 Å². The number of ether oxygens (including phenoxy) is 1. The molecule has 0 atom stereocenters. The van der Waals surface area contributed by atoms with Crippen LogP contribution >= 0.6 is 49.6 Å². The van der Waals surface area contributed by atoms with E-state index in [4.69, 9.17) is 4.74 Å². The molecule has 1 N–H and O–H groups in total. The van der Waals surface area contributed by atoms with Crippen molar-refractivity contribution in [3.63, 3.8) is 0 Å². The molecule has 0 amide bonds. The smallest absolute Gasteiger partial charge is 0.0591 e. The van der Waals surface area contributed by atoms with Gasteiger partial charge in [-0.25, -0.2) is 0 Å². The summed E-state index contributed by atoms with van der Waals surface area (Å²) in [7, 11) is 0. The lowest BCUT2D eigenvalue weighted by Gasteiger charge is -2.10. The second kappa shape index (κ2) is 16.6. The van der Waals surface area contributed by atoms with Crippen LogP contribution in [0.4, 0.5) is 0 Å². The summed E-state index contributed by atoms with van der Waals surface area (Å²) in [5.74, 6) is 0. The highest BCUT2D eigenvalue weighted by molar-refractivity contribution is 5.86. The van der Waals surface area contributed by atoms with Gasteiger partial charge in [0.1, 0.15) is 0 Å². The predicted molar refractivity (Wildman–Crippen MR) is 52.7 cm³/mol. The molecule has 0 saturated carbocycles. The molecule has 6 heteroatoms. The van der Waals surface area contributed by atoms with Crippen LogP contribution in [0, 0.1) is 0 Å². The first kappa shape index (κ1) is 22.5. The van der Waals surface area contributed by atoms with Gasteiger partial charge in [-0.3, -0.25) is 0 Å². The number of hydrogen-bond acceptors (Lipinski definition) is 2. The molecule has 0 unspecified atom stereocenters. The van der Waals surface area contributed by atoms with Crippen molar-refractivity contribution in [3.8, 4) is 0 Å². The Morgan fingerprint density at radius 2 is 1.20 bits per heavy atom. The van der Waals surface area contributed by atoms with Gasteiger partial charge in [-0.2, -0.15) is 0 Å². The molecule has 0 aromatic rings. The maximum Gasteiger partial charge on any atom is 0.0591 e. The fraction of sp³-hybridized carbons (Fsp3) is 1.00. The van der Waals surface area contributed by atoms with Crippen LogP contribution in [0.2, 0.25) is 0 Å². The minimum atomic E-state index is 0. The van der Waals surface area contributed by atoms with Gasteiger partial charge in [0.05, 0.1) is 13.2 Å². The molecule has 0 aromatic heterocycles. The van der Waals surface area contributed by atoms with E-state index in [1.54, 1.807) is 0 Å². The maximum atomic E-state index is 5.01. The van der Waals surface area contributed by atoms with E-state index < -0.39 is 0 Å². The van der Waals surface area contributed by atoms with E-state index in [1.807, 2.05) is 0 Å². The highest BCUT2D eigenvalue weighted by atomic mass is 35.5. The van der Waals surface area contributed by atoms with Crippen LogP contribution < -0.4 is 5.32 Å². The van der Waals surface area contributed by atoms with Gasteiger partial charge in [0.25, 0.3) is 0 Å². The molecular formula is C4H13Cl4NO. The Bertz CT molecular complexity index is 32.7. The summed E-state index contributed by atoms with van der Waals surface area (Å²) in [4.78, 5) is 0. The van der Waals surface area contributed by atoms with Gasteiger partial charge in [0.2, 0.25) is 0 Å². The van der Waals surface area contributed by atoms with Crippen molar-refractivity contribution < 1.29 is 4.74 Å². The average Bonchev–Trinajstić information content (AvgIpc) is 1.72. The molecular weight excluding hydrogens is 220 g/mol. The molecule has 68 valence electrons. The molecule has 2 nitrogen and oxygen atoms in total. The molecule has 0 bridgehead atoms. The third-order valence-corrected chi connectivity index (χ3v) is 0.846. The van der Waals surface area contributed by atoms with Gasteiger partial charge >= 0.3 is 0 Å². The normalized spacial score (nSPS) is 14.4. The molecule has 1 fully saturated rings. The zero-order valence-electron chi connectivity index (χ0n) is 5.37. The molecule has 1 saturated heterocycles. The molecule has 1 rings (SSSR count). The van der Waals surface area contributed by atoms with Crippen molar-refractivity contribution in [2.45, 2.75) is 0 Å². The number of nitrogens with one attached hydrogen (secondary N) is 1. The number of morpholine rings is 1. The second-order valence-corrected chi connectivity index (χ2v) is 1.36. The third-order valence-electron chi connectivity index (χ3n) is 0.846. The first-order valence-corrected chi connectivity index (χ1v) is 2.28. The van der Waals surface area contributed by atoms with Gasteiger partial charge in [-0.15, -0.1) is 49.6 Å².